The quantitative estimate of drug-likeness (QED) is 0.133. The van der Waals surface area contributed by atoms with Crippen molar-refractivity contribution in [3.8, 4) is 5.75 Å². The molecule has 2 amide bonds. The molecule has 0 aliphatic carbocycles. The third-order valence-electron chi connectivity index (χ3n) is 7.41. The zero-order chi connectivity index (χ0) is 32.9. The standard InChI is InChI=1S/C36H40BrN3O5S/c1-3-5-24-38-36(42)34(25-28-12-8-6-9-13-28)39(26-29-16-18-30(37)19-17-29)35(41)27-40(31-14-10-7-11-15-31)46(43,44)33-22-20-32(21-23-33)45-4-2/h6-23,34H,3-5,24-27H2,1-2H3,(H,38,42)/t34-/m0/s1. The van der Waals surface area contributed by atoms with Gasteiger partial charge < -0.3 is 15.0 Å². The Labute approximate surface area is 280 Å². The van der Waals surface area contributed by atoms with Crippen LogP contribution in [0.2, 0.25) is 0 Å². The lowest BCUT2D eigenvalue weighted by Crippen LogP contribution is -2.53. The van der Waals surface area contributed by atoms with Crippen molar-refractivity contribution in [3.05, 3.63) is 125 Å². The summed E-state index contributed by atoms with van der Waals surface area (Å²) in [6, 6.07) is 30.8. The van der Waals surface area contributed by atoms with Crippen LogP contribution < -0.4 is 14.4 Å². The zero-order valence-electron chi connectivity index (χ0n) is 26.1. The second-order valence-corrected chi connectivity index (χ2v) is 13.5. The van der Waals surface area contributed by atoms with Crippen LogP contribution in [0.4, 0.5) is 5.69 Å². The van der Waals surface area contributed by atoms with Gasteiger partial charge in [-0.2, -0.15) is 0 Å². The highest BCUT2D eigenvalue weighted by atomic mass is 79.9. The van der Waals surface area contributed by atoms with Gasteiger partial charge in [0.05, 0.1) is 17.2 Å². The number of amides is 2. The van der Waals surface area contributed by atoms with Gasteiger partial charge in [0, 0.05) is 24.0 Å². The first-order valence-electron chi connectivity index (χ1n) is 15.4. The summed E-state index contributed by atoms with van der Waals surface area (Å²) in [7, 11) is -4.19. The predicted molar refractivity (Wildman–Crippen MR) is 185 cm³/mol. The first-order valence-corrected chi connectivity index (χ1v) is 17.6. The number of halogens is 1. The molecule has 0 heterocycles. The molecule has 4 aromatic rings. The summed E-state index contributed by atoms with van der Waals surface area (Å²) in [6.07, 6.45) is 1.96. The van der Waals surface area contributed by atoms with E-state index in [4.69, 9.17) is 4.74 Å². The summed E-state index contributed by atoms with van der Waals surface area (Å²) >= 11 is 3.46. The Morgan fingerprint density at radius 3 is 2.07 bits per heavy atom. The van der Waals surface area contributed by atoms with Crippen LogP contribution in [0.1, 0.15) is 37.8 Å². The van der Waals surface area contributed by atoms with Gasteiger partial charge >= 0.3 is 0 Å². The number of nitrogens with one attached hydrogen (secondary N) is 1. The van der Waals surface area contributed by atoms with Crippen LogP contribution in [-0.2, 0) is 32.6 Å². The molecule has 8 nitrogen and oxygen atoms in total. The lowest BCUT2D eigenvalue weighted by atomic mass is 10.0. The average Bonchev–Trinajstić information content (AvgIpc) is 3.07. The molecule has 0 aliphatic heterocycles. The smallest absolute Gasteiger partial charge is 0.264 e. The van der Waals surface area contributed by atoms with Crippen LogP contribution in [0.15, 0.2) is 119 Å². The molecule has 0 spiro atoms. The molecule has 0 unspecified atom stereocenters. The SMILES string of the molecule is CCCCNC(=O)[C@H](Cc1ccccc1)N(Cc1ccc(Br)cc1)C(=O)CN(c1ccccc1)S(=O)(=O)c1ccc(OCC)cc1. The topological polar surface area (TPSA) is 96.0 Å². The molecular weight excluding hydrogens is 666 g/mol. The Morgan fingerprint density at radius 2 is 1.46 bits per heavy atom. The number of rotatable bonds is 16. The first kappa shape index (κ1) is 34.7. The molecular formula is C36H40BrN3O5S. The number of hydrogen-bond acceptors (Lipinski definition) is 5. The summed E-state index contributed by atoms with van der Waals surface area (Å²) < 4.78 is 35.8. The minimum absolute atomic E-state index is 0.0187. The molecule has 1 atom stereocenters. The summed E-state index contributed by atoms with van der Waals surface area (Å²) in [5.41, 5.74) is 2.02. The molecule has 1 N–H and O–H groups in total. The number of ether oxygens (including phenoxy) is 1. The van der Waals surface area contributed by atoms with Crippen molar-refractivity contribution < 1.29 is 22.7 Å². The summed E-state index contributed by atoms with van der Waals surface area (Å²) in [5, 5.41) is 3.01. The Kier molecular flexibility index (Phi) is 12.8. The normalized spacial score (nSPS) is 11.8. The van der Waals surface area contributed by atoms with Crippen LogP contribution in [0, 0.1) is 0 Å². The van der Waals surface area contributed by atoms with Gasteiger partial charge in [-0.1, -0.05) is 89.9 Å². The predicted octanol–water partition coefficient (Wildman–Crippen LogP) is 6.60. The van der Waals surface area contributed by atoms with E-state index in [1.54, 1.807) is 42.5 Å². The minimum atomic E-state index is -4.19. The van der Waals surface area contributed by atoms with Crippen molar-refractivity contribution >= 4 is 43.5 Å². The van der Waals surface area contributed by atoms with Gasteiger partial charge in [-0.3, -0.25) is 13.9 Å². The van der Waals surface area contributed by atoms with E-state index in [0.29, 0.717) is 24.6 Å². The lowest BCUT2D eigenvalue weighted by Gasteiger charge is -2.34. The minimum Gasteiger partial charge on any atom is -0.494 e. The first-order chi connectivity index (χ1) is 22.2. The second-order valence-electron chi connectivity index (χ2n) is 10.7. The number of carbonyl (C=O) groups excluding carboxylic acids is 2. The molecule has 0 bridgehead atoms. The number of para-hydroxylation sites is 1. The fourth-order valence-electron chi connectivity index (χ4n) is 4.97. The van der Waals surface area contributed by atoms with Crippen molar-refractivity contribution in [1.29, 1.82) is 0 Å². The molecule has 0 saturated carbocycles. The molecule has 10 heteroatoms. The van der Waals surface area contributed by atoms with Gasteiger partial charge in [-0.25, -0.2) is 8.42 Å². The third kappa shape index (κ3) is 9.43. The number of carbonyl (C=O) groups is 2. The molecule has 0 saturated heterocycles. The van der Waals surface area contributed by atoms with Crippen LogP contribution in [0.25, 0.3) is 0 Å². The number of hydrogen-bond donors (Lipinski definition) is 1. The maximum atomic E-state index is 14.5. The molecule has 0 aromatic heterocycles. The number of unbranched alkanes of at least 4 members (excludes halogenated alkanes) is 1. The number of nitrogens with zero attached hydrogens (tertiary/aromatic N) is 2. The molecule has 242 valence electrons. The average molecular weight is 707 g/mol. The highest BCUT2D eigenvalue weighted by molar-refractivity contribution is 9.10. The van der Waals surface area contributed by atoms with E-state index in [1.807, 2.05) is 68.4 Å². The number of sulfonamides is 1. The van der Waals surface area contributed by atoms with Crippen molar-refractivity contribution in [2.45, 2.75) is 50.6 Å². The highest BCUT2D eigenvalue weighted by Gasteiger charge is 2.34. The Bertz CT molecular complexity index is 1650. The van der Waals surface area contributed by atoms with Crippen LogP contribution in [0.5, 0.6) is 5.75 Å². The molecule has 4 aromatic carbocycles. The van der Waals surface area contributed by atoms with Crippen molar-refractivity contribution in [3.63, 3.8) is 0 Å². The zero-order valence-corrected chi connectivity index (χ0v) is 28.5. The second kappa shape index (κ2) is 17.0. The fraction of sp³-hybridized carbons (Fsp3) is 0.278. The van der Waals surface area contributed by atoms with Crippen LogP contribution in [0.3, 0.4) is 0 Å². The van der Waals surface area contributed by atoms with Gasteiger partial charge in [0.15, 0.2) is 0 Å². The molecule has 0 radical (unpaired) electrons. The lowest BCUT2D eigenvalue weighted by molar-refractivity contribution is -0.140. The maximum absolute atomic E-state index is 14.5. The van der Waals surface area contributed by atoms with Gasteiger partial charge in [0.25, 0.3) is 10.0 Å². The van der Waals surface area contributed by atoms with E-state index in [-0.39, 0.29) is 23.8 Å². The largest absolute Gasteiger partial charge is 0.494 e. The van der Waals surface area contributed by atoms with E-state index >= 15 is 0 Å². The summed E-state index contributed by atoms with van der Waals surface area (Å²) in [5.74, 6) is -0.251. The van der Waals surface area contributed by atoms with E-state index in [1.165, 1.54) is 17.0 Å². The number of anilines is 1. The van der Waals surface area contributed by atoms with Gasteiger partial charge in [-0.15, -0.1) is 0 Å². The van der Waals surface area contributed by atoms with Crippen LogP contribution in [-0.4, -0.2) is 50.9 Å². The van der Waals surface area contributed by atoms with Gasteiger partial charge in [-0.05, 0) is 73.0 Å². The van der Waals surface area contributed by atoms with Gasteiger partial charge in [0.2, 0.25) is 11.8 Å². The van der Waals surface area contributed by atoms with E-state index in [2.05, 4.69) is 21.2 Å². The summed E-state index contributed by atoms with van der Waals surface area (Å²) in [6.45, 7) is 4.41. The third-order valence-corrected chi connectivity index (χ3v) is 9.73. The molecule has 0 fully saturated rings. The van der Waals surface area contributed by atoms with Crippen LogP contribution >= 0.6 is 15.9 Å². The monoisotopic (exact) mass is 705 g/mol. The Morgan fingerprint density at radius 1 is 0.826 bits per heavy atom. The van der Waals surface area contributed by atoms with Gasteiger partial charge in [0.1, 0.15) is 18.3 Å². The molecule has 0 aliphatic rings. The van der Waals surface area contributed by atoms with Crippen molar-refractivity contribution in [2.24, 2.45) is 0 Å². The Balaban J connectivity index is 1.75. The van der Waals surface area contributed by atoms with Crippen molar-refractivity contribution in [1.82, 2.24) is 10.2 Å². The number of benzene rings is 4. The Hall–Kier alpha value is -4.15. The molecule has 4 rings (SSSR count). The molecule has 46 heavy (non-hydrogen) atoms. The maximum Gasteiger partial charge on any atom is 0.264 e. The summed E-state index contributed by atoms with van der Waals surface area (Å²) in [4.78, 5) is 29.8. The fourth-order valence-corrected chi connectivity index (χ4v) is 6.65. The highest BCUT2D eigenvalue weighted by Crippen LogP contribution is 2.26. The van der Waals surface area contributed by atoms with Crippen molar-refractivity contribution in [2.75, 3.05) is 24.0 Å². The van der Waals surface area contributed by atoms with E-state index < -0.39 is 28.5 Å². The van der Waals surface area contributed by atoms with E-state index in [0.717, 1.165) is 32.7 Å². The van der Waals surface area contributed by atoms with E-state index in [9.17, 15) is 18.0 Å².